The zero-order valence-electron chi connectivity index (χ0n) is 8.91. The van der Waals surface area contributed by atoms with Crippen LogP contribution in [0.3, 0.4) is 0 Å². The molecule has 0 saturated heterocycles. The lowest BCUT2D eigenvalue weighted by Crippen LogP contribution is -2.54. The van der Waals surface area contributed by atoms with Gasteiger partial charge < -0.3 is 4.74 Å². The number of hydrogen-bond donors (Lipinski definition) is 1. The number of amides is 2. The Labute approximate surface area is 103 Å². The van der Waals surface area contributed by atoms with Gasteiger partial charge in [-0.15, -0.1) is 0 Å². The van der Waals surface area contributed by atoms with Crippen molar-refractivity contribution in [2.24, 2.45) is 10.9 Å². The van der Waals surface area contributed by atoms with Gasteiger partial charge in [-0.25, -0.2) is 15.2 Å². The molecule has 0 fully saturated rings. The molecule has 7 heteroatoms. The normalized spacial score (nSPS) is 22.1. The van der Waals surface area contributed by atoms with Gasteiger partial charge in [0.1, 0.15) is 5.92 Å². The van der Waals surface area contributed by atoms with Crippen LogP contribution in [0, 0.1) is 5.92 Å². The largest absolute Gasteiger partial charge is 0.452 e. The van der Waals surface area contributed by atoms with Gasteiger partial charge in [0.05, 0.1) is 12.8 Å². The molecule has 2 aliphatic rings. The molecule has 88 valence electrons. The van der Waals surface area contributed by atoms with E-state index in [-0.39, 0.29) is 11.0 Å². The molecule has 17 heavy (non-hydrogen) atoms. The molecule has 1 aliphatic carbocycles. The van der Waals surface area contributed by atoms with Gasteiger partial charge in [0, 0.05) is 0 Å². The van der Waals surface area contributed by atoms with Crippen molar-refractivity contribution in [3.8, 4) is 0 Å². The van der Waals surface area contributed by atoms with Gasteiger partial charge in [-0.1, -0.05) is 18.2 Å². The number of nitrogens with zero attached hydrogens (tertiary/aromatic N) is 2. The highest BCUT2D eigenvalue weighted by molar-refractivity contribution is 7.80. The second-order valence-corrected chi connectivity index (χ2v) is 3.68. The molecule has 0 aromatic heterocycles. The summed E-state index contributed by atoms with van der Waals surface area (Å²) in [7, 11) is 1.20. The van der Waals surface area contributed by atoms with Crippen LogP contribution in [-0.2, 0) is 9.53 Å². The first kappa shape index (κ1) is 11.5. The standard InChI is InChI=1S/C10H9N3O3S/c1-16-10(15)12-13-8(14)6-4-2-3-5-7(6)11-9(13)17/h2-6H,1H3,(H,12,15). The van der Waals surface area contributed by atoms with Gasteiger partial charge in [-0.05, 0) is 18.3 Å². The van der Waals surface area contributed by atoms with Gasteiger partial charge in [0.25, 0.3) is 5.91 Å². The third-order valence-corrected chi connectivity index (χ3v) is 2.57. The monoisotopic (exact) mass is 251 g/mol. The number of rotatable bonds is 1. The summed E-state index contributed by atoms with van der Waals surface area (Å²) in [6, 6.07) is 0. The number of nitrogens with one attached hydrogen (secondary N) is 1. The predicted octanol–water partition coefficient (Wildman–Crippen LogP) is 0.568. The lowest BCUT2D eigenvalue weighted by Gasteiger charge is -2.29. The van der Waals surface area contributed by atoms with E-state index >= 15 is 0 Å². The van der Waals surface area contributed by atoms with Crippen molar-refractivity contribution in [2.75, 3.05) is 7.11 Å². The van der Waals surface area contributed by atoms with Crippen molar-refractivity contribution < 1.29 is 14.3 Å². The molecule has 2 amide bonds. The number of aliphatic imine (C=N–C) groups is 1. The van der Waals surface area contributed by atoms with E-state index in [0.717, 1.165) is 5.01 Å². The zero-order chi connectivity index (χ0) is 12.4. The Hall–Kier alpha value is -2.02. The molecule has 1 atom stereocenters. The molecule has 0 radical (unpaired) electrons. The molecule has 0 saturated carbocycles. The fraction of sp³-hybridized carbons (Fsp3) is 0.200. The van der Waals surface area contributed by atoms with Crippen LogP contribution in [0.5, 0.6) is 0 Å². The van der Waals surface area contributed by atoms with E-state index in [1.807, 2.05) is 0 Å². The van der Waals surface area contributed by atoms with E-state index < -0.39 is 12.0 Å². The third kappa shape index (κ3) is 2.09. The summed E-state index contributed by atoms with van der Waals surface area (Å²) in [5.74, 6) is -0.866. The van der Waals surface area contributed by atoms with Crippen molar-refractivity contribution in [3.05, 3.63) is 24.3 Å². The topological polar surface area (TPSA) is 71.0 Å². The first-order valence-corrected chi connectivity index (χ1v) is 5.20. The van der Waals surface area contributed by atoms with Gasteiger partial charge in [-0.2, -0.15) is 5.01 Å². The highest BCUT2D eigenvalue weighted by atomic mass is 32.1. The average molecular weight is 251 g/mol. The van der Waals surface area contributed by atoms with Crippen molar-refractivity contribution in [3.63, 3.8) is 0 Å². The Bertz CT molecular complexity index is 481. The smallest absolute Gasteiger partial charge is 0.426 e. The summed E-state index contributed by atoms with van der Waals surface area (Å²) < 4.78 is 4.40. The third-order valence-electron chi connectivity index (χ3n) is 2.29. The number of allylic oxidation sites excluding steroid dienone is 3. The number of carbonyl (C=O) groups excluding carboxylic acids is 2. The van der Waals surface area contributed by atoms with Gasteiger partial charge >= 0.3 is 6.09 Å². The Morgan fingerprint density at radius 1 is 1.59 bits per heavy atom. The first-order chi connectivity index (χ1) is 8.13. The number of hydrazine groups is 1. The highest BCUT2D eigenvalue weighted by Gasteiger charge is 2.34. The van der Waals surface area contributed by atoms with E-state index in [2.05, 4.69) is 15.2 Å². The minimum absolute atomic E-state index is 0.00778. The maximum Gasteiger partial charge on any atom is 0.426 e. The summed E-state index contributed by atoms with van der Waals surface area (Å²) in [6.07, 6.45) is 6.15. The summed E-state index contributed by atoms with van der Waals surface area (Å²) in [4.78, 5) is 27.2. The van der Waals surface area contributed by atoms with Crippen LogP contribution in [0.4, 0.5) is 4.79 Å². The lowest BCUT2D eigenvalue weighted by molar-refractivity contribution is -0.130. The number of methoxy groups -OCH3 is 1. The Kier molecular flexibility index (Phi) is 3.01. The minimum atomic E-state index is -0.769. The van der Waals surface area contributed by atoms with Crippen LogP contribution in [0.1, 0.15) is 0 Å². The maximum absolute atomic E-state index is 12.0. The van der Waals surface area contributed by atoms with E-state index in [1.165, 1.54) is 7.11 Å². The number of ether oxygens (including phenoxy) is 1. The number of hydrogen-bond acceptors (Lipinski definition) is 4. The molecule has 1 N–H and O–H groups in total. The molecule has 1 unspecified atom stereocenters. The van der Waals surface area contributed by atoms with Crippen molar-refractivity contribution >= 4 is 35.0 Å². The SMILES string of the molecule is COC(=O)NN1C(=O)C2C=CC=CC2=NC1=S. The van der Waals surface area contributed by atoms with Crippen LogP contribution in [-0.4, -0.2) is 34.9 Å². The molecule has 6 nitrogen and oxygen atoms in total. The minimum Gasteiger partial charge on any atom is -0.452 e. The Morgan fingerprint density at radius 2 is 2.35 bits per heavy atom. The Morgan fingerprint density at radius 3 is 3.06 bits per heavy atom. The summed E-state index contributed by atoms with van der Waals surface area (Å²) >= 11 is 4.93. The lowest BCUT2D eigenvalue weighted by atomic mass is 9.96. The number of fused-ring (bicyclic) bond motifs is 1. The summed E-state index contributed by atoms with van der Waals surface area (Å²) in [5.41, 5.74) is 2.79. The highest BCUT2D eigenvalue weighted by Crippen LogP contribution is 2.18. The average Bonchev–Trinajstić information content (AvgIpc) is 2.34. The van der Waals surface area contributed by atoms with Crippen LogP contribution in [0.2, 0.25) is 0 Å². The fourth-order valence-corrected chi connectivity index (χ4v) is 1.72. The van der Waals surface area contributed by atoms with Crippen LogP contribution in [0.25, 0.3) is 0 Å². The van der Waals surface area contributed by atoms with Crippen LogP contribution in [0.15, 0.2) is 29.3 Å². The number of carbonyl (C=O) groups is 2. The van der Waals surface area contributed by atoms with Crippen LogP contribution < -0.4 is 5.43 Å². The van der Waals surface area contributed by atoms with Gasteiger partial charge in [-0.3, -0.25) is 4.79 Å². The van der Waals surface area contributed by atoms with Crippen molar-refractivity contribution in [1.29, 1.82) is 0 Å². The van der Waals surface area contributed by atoms with E-state index in [0.29, 0.717) is 5.71 Å². The van der Waals surface area contributed by atoms with Crippen LogP contribution >= 0.6 is 12.2 Å². The second-order valence-electron chi connectivity index (χ2n) is 3.32. The molecule has 0 spiro atoms. The van der Waals surface area contributed by atoms with Gasteiger partial charge in [0.2, 0.25) is 5.11 Å². The summed E-state index contributed by atoms with van der Waals surface area (Å²) in [5, 5.41) is 0.908. The molecular weight excluding hydrogens is 242 g/mol. The maximum atomic E-state index is 12.0. The van der Waals surface area contributed by atoms with Crippen molar-refractivity contribution in [2.45, 2.75) is 0 Å². The molecule has 1 heterocycles. The Balaban J connectivity index is 2.26. The van der Waals surface area contributed by atoms with E-state index in [9.17, 15) is 9.59 Å². The van der Waals surface area contributed by atoms with E-state index in [4.69, 9.17) is 12.2 Å². The number of thiocarbonyl (C=S) groups is 1. The second kappa shape index (κ2) is 4.46. The fourth-order valence-electron chi connectivity index (χ4n) is 1.48. The molecule has 0 aromatic rings. The molecule has 2 rings (SSSR count). The zero-order valence-corrected chi connectivity index (χ0v) is 9.73. The first-order valence-electron chi connectivity index (χ1n) is 4.79. The molecular formula is C10H9N3O3S. The van der Waals surface area contributed by atoms with Gasteiger partial charge in [0.15, 0.2) is 0 Å². The van der Waals surface area contributed by atoms with Crippen molar-refractivity contribution in [1.82, 2.24) is 10.4 Å². The predicted molar refractivity (Wildman–Crippen MR) is 64.2 cm³/mol. The molecule has 1 aliphatic heterocycles. The molecule has 0 aromatic carbocycles. The quantitative estimate of drug-likeness (QED) is 0.691. The van der Waals surface area contributed by atoms with E-state index in [1.54, 1.807) is 24.3 Å². The summed E-state index contributed by atoms with van der Waals surface area (Å²) in [6.45, 7) is 0. The molecule has 0 bridgehead atoms.